The summed E-state index contributed by atoms with van der Waals surface area (Å²) >= 11 is 4.47. The highest BCUT2D eigenvalue weighted by atomic mass is 127. The molecule has 0 radical (unpaired) electrons. The van der Waals surface area contributed by atoms with E-state index in [0.717, 1.165) is 12.3 Å². The average Bonchev–Trinajstić information content (AvgIpc) is 2.73. The molecule has 134 valence electrons. The van der Waals surface area contributed by atoms with Crippen LogP contribution in [0.4, 0.5) is 0 Å². The van der Waals surface area contributed by atoms with Gasteiger partial charge in [-0.1, -0.05) is 13.8 Å². The van der Waals surface area contributed by atoms with E-state index in [0.29, 0.717) is 27.6 Å². The van der Waals surface area contributed by atoms with Crippen molar-refractivity contribution in [2.24, 2.45) is 16.2 Å². The van der Waals surface area contributed by atoms with Crippen LogP contribution in [0.25, 0.3) is 0 Å². The lowest BCUT2D eigenvalue weighted by Gasteiger charge is -2.69. The zero-order valence-electron chi connectivity index (χ0n) is 15.1. The molecule has 4 fully saturated rings. The summed E-state index contributed by atoms with van der Waals surface area (Å²) in [7, 11) is 0. The van der Waals surface area contributed by atoms with Crippen molar-refractivity contribution < 1.29 is 5.11 Å². The number of aliphatic hydroxyl groups is 1. The Morgan fingerprint density at radius 1 is 1.17 bits per heavy atom. The molecule has 4 aliphatic rings. The zero-order valence-corrected chi connectivity index (χ0v) is 18.0. The Morgan fingerprint density at radius 3 is 2.38 bits per heavy atom. The van der Waals surface area contributed by atoms with Crippen LogP contribution in [0.15, 0.2) is 6.20 Å². The van der Waals surface area contributed by atoms with E-state index in [4.69, 9.17) is 0 Å². The predicted molar refractivity (Wildman–Crippen MR) is 108 cm³/mol. The second-order valence-corrected chi connectivity index (χ2v) is 12.4. The van der Waals surface area contributed by atoms with Gasteiger partial charge in [-0.2, -0.15) is 16.9 Å². The van der Waals surface area contributed by atoms with Crippen LogP contribution < -0.4 is 0 Å². The van der Waals surface area contributed by atoms with Crippen molar-refractivity contribution in [3.63, 3.8) is 0 Å². The third-order valence-electron chi connectivity index (χ3n) is 6.68. The predicted octanol–water partition coefficient (Wildman–Crippen LogP) is 4.64. The number of aliphatic hydroxyl groups excluding tert-OH is 1. The topological polar surface area (TPSA) is 38.0 Å². The molecule has 2 atom stereocenters. The smallest absolute Gasteiger partial charge is 0.0626 e. The van der Waals surface area contributed by atoms with Crippen LogP contribution in [-0.2, 0) is 6.54 Å². The minimum atomic E-state index is 0.309. The number of nitrogens with zero attached hydrogens (tertiary/aromatic N) is 2. The van der Waals surface area contributed by atoms with Gasteiger partial charge in [-0.15, -0.1) is 0 Å². The van der Waals surface area contributed by atoms with Crippen molar-refractivity contribution >= 4 is 34.4 Å². The highest BCUT2D eigenvalue weighted by Crippen LogP contribution is 2.73. The fourth-order valence-corrected chi connectivity index (χ4v) is 9.55. The van der Waals surface area contributed by atoms with Gasteiger partial charge in [0.15, 0.2) is 0 Å². The van der Waals surface area contributed by atoms with Crippen LogP contribution in [0.3, 0.4) is 0 Å². The maximum absolute atomic E-state index is 9.40. The lowest BCUT2D eigenvalue weighted by atomic mass is 9.40. The molecule has 4 bridgehead atoms. The van der Waals surface area contributed by atoms with E-state index in [2.05, 4.69) is 64.9 Å². The first-order chi connectivity index (χ1) is 11.2. The summed E-state index contributed by atoms with van der Waals surface area (Å²) in [6.45, 7) is 8.66. The van der Waals surface area contributed by atoms with Gasteiger partial charge in [-0.3, -0.25) is 4.68 Å². The van der Waals surface area contributed by atoms with Crippen molar-refractivity contribution in [2.45, 2.75) is 70.6 Å². The number of aromatic nitrogens is 2. The molecule has 24 heavy (non-hydrogen) atoms. The van der Waals surface area contributed by atoms with E-state index in [9.17, 15) is 5.11 Å². The van der Waals surface area contributed by atoms with Gasteiger partial charge < -0.3 is 5.11 Å². The Labute approximate surface area is 163 Å². The molecule has 1 aromatic heterocycles. The molecule has 0 spiro atoms. The third-order valence-corrected chi connectivity index (χ3v) is 9.17. The van der Waals surface area contributed by atoms with Crippen LogP contribution in [0.2, 0.25) is 0 Å². The fourth-order valence-electron chi connectivity index (χ4n) is 7.31. The number of hydrogen-bond donors (Lipinski definition) is 1. The zero-order chi connectivity index (χ0) is 17.2. The van der Waals surface area contributed by atoms with Crippen molar-refractivity contribution in [1.29, 1.82) is 0 Å². The van der Waals surface area contributed by atoms with Gasteiger partial charge >= 0.3 is 0 Å². The van der Waals surface area contributed by atoms with Gasteiger partial charge in [0.1, 0.15) is 0 Å². The van der Waals surface area contributed by atoms with Gasteiger partial charge in [-0.05, 0) is 84.3 Å². The first-order valence-corrected chi connectivity index (χ1v) is 11.2. The van der Waals surface area contributed by atoms with Gasteiger partial charge in [0, 0.05) is 22.7 Å². The average molecular weight is 460 g/mol. The quantitative estimate of drug-likeness (QED) is 0.651. The Balaban J connectivity index is 1.69. The van der Waals surface area contributed by atoms with E-state index in [-0.39, 0.29) is 0 Å². The SMILES string of the molecule is Cc1c(I)cnn1CC12CC3(C)CC(C)(C1)CC(SCCO)(C3)C2. The van der Waals surface area contributed by atoms with Crippen molar-refractivity contribution in [3.8, 4) is 0 Å². The van der Waals surface area contributed by atoms with Gasteiger partial charge in [0.25, 0.3) is 0 Å². The number of halogens is 1. The van der Waals surface area contributed by atoms with Crippen LogP contribution in [0, 0.1) is 26.7 Å². The molecule has 1 aromatic rings. The summed E-state index contributed by atoms with van der Waals surface area (Å²) in [5.74, 6) is 0.890. The summed E-state index contributed by atoms with van der Waals surface area (Å²) in [5, 5.41) is 14.1. The molecule has 4 aliphatic carbocycles. The van der Waals surface area contributed by atoms with Crippen LogP contribution in [0.1, 0.15) is 58.1 Å². The Morgan fingerprint density at radius 2 is 1.83 bits per heavy atom. The lowest BCUT2D eigenvalue weighted by Crippen LogP contribution is -2.62. The highest BCUT2D eigenvalue weighted by molar-refractivity contribution is 14.1. The third kappa shape index (κ3) is 2.86. The van der Waals surface area contributed by atoms with E-state index < -0.39 is 0 Å². The first kappa shape index (κ1) is 17.7. The summed E-state index contributed by atoms with van der Waals surface area (Å²) in [6, 6.07) is 0. The molecular weight excluding hydrogens is 431 g/mol. The van der Waals surface area contributed by atoms with Crippen LogP contribution >= 0.6 is 34.4 Å². The van der Waals surface area contributed by atoms with Gasteiger partial charge in [0.05, 0.1) is 16.4 Å². The summed E-state index contributed by atoms with van der Waals surface area (Å²) in [6.07, 6.45) is 10.1. The van der Waals surface area contributed by atoms with Crippen molar-refractivity contribution in [2.75, 3.05) is 12.4 Å². The standard InChI is InChI=1S/C19H29IN2OS/c1-14-15(20)6-21-22(14)13-18-8-16(2)7-17(3,9-18)11-19(10-16,12-18)24-5-4-23/h6,23H,4-5,7-13H2,1-3H3. The molecular formula is C19H29IN2OS. The second-order valence-electron chi connectivity index (χ2n) is 9.67. The monoisotopic (exact) mass is 460 g/mol. The second kappa shape index (κ2) is 5.62. The molecule has 0 aliphatic heterocycles. The molecule has 1 heterocycles. The molecule has 4 saturated carbocycles. The number of hydrogen-bond acceptors (Lipinski definition) is 3. The van der Waals surface area contributed by atoms with E-state index in [1.807, 2.05) is 6.20 Å². The number of rotatable bonds is 5. The normalized spacial score (nSPS) is 43.5. The molecule has 3 nitrogen and oxygen atoms in total. The Kier molecular flexibility index (Phi) is 4.13. The summed E-state index contributed by atoms with van der Waals surface area (Å²) in [4.78, 5) is 0. The van der Waals surface area contributed by atoms with Crippen LogP contribution in [-0.4, -0.2) is 32.0 Å². The van der Waals surface area contributed by atoms with E-state index in [1.54, 1.807) is 0 Å². The molecule has 1 N–H and O–H groups in total. The fraction of sp³-hybridized carbons (Fsp3) is 0.842. The lowest BCUT2D eigenvalue weighted by molar-refractivity contribution is -0.139. The molecule has 0 aromatic carbocycles. The van der Waals surface area contributed by atoms with E-state index in [1.165, 1.54) is 47.8 Å². The van der Waals surface area contributed by atoms with Crippen molar-refractivity contribution in [1.82, 2.24) is 9.78 Å². The Hall–Kier alpha value is 0.250. The minimum Gasteiger partial charge on any atom is -0.396 e. The van der Waals surface area contributed by atoms with Gasteiger partial charge in [-0.25, -0.2) is 0 Å². The Bertz CT molecular complexity index is 640. The van der Waals surface area contributed by atoms with E-state index >= 15 is 0 Å². The van der Waals surface area contributed by atoms with Gasteiger partial charge in [0.2, 0.25) is 0 Å². The van der Waals surface area contributed by atoms with Crippen molar-refractivity contribution in [3.05, 3.63) is 15.5 Å². The maximum Gasteiger partial charge on any atom is 0.0626 e. The molecule has 0 amide bonds. The largest absolute Gasteiger partial charge is 0.396 e. The summed E-state index contributed by atoms with van der Waals surface area (Å²) in [5.41, 5.74) is 2.65. The highest BCUT2D eigenvalue weighted by Gasteiger charge is 2.65. The molecule has 0 saturated heterocycles. The molecule has 2 unspecified atom stereocenters. The molecule has 5 rings (SSSR count). The minimum absolute atomic E-state index is 0.309. The molecule has 5 heteroatoms. The maximum atomic E-state index is 9.40. The summed E-state index contributed by atoms with van der Waals surface area (Å²) < 4.78 is 3.93. The number of thioether (sulfide) groups is 1. The first-order valence-electron chi connectivity index (χ1n) is 9.13. The van der Waals surface area contributed by atoms with Crippen LogP contribution in [0.5, 0.6) is 0 Å².